The number of thiazole rings is 1. The third kappa shape index (κ3) is 3.08. The molecule has 0 amide bonds. The fourth-order valence-corrected chi connectivity index (χ4v) is 2.87. The second kappa shape index (κ2) is 5.63. The molecule has 1 saturated carbocycles. The Morgan fingerprint density at radius 3 is 2.95 bits per heavy atom. The van der Waals surface area contributed by atoms with Crippen molar-refractivity contribution in [2.24, 2.45) is 5.73 Å². The van der Waals surface area contributed by atoms with Gasteiger partial charge in [0.15, 0.2) is 0 Å². The van der Waals surface area contributed by atoms with E-state index in [1.807, 2.05) is 11.6 Å². The lowest BCUT2D eigenvalue weighted by atomic mass is 9.79. The maximum atomic E-state index is 5.81. The summed E-state index contributed by atoms with van der Waals surface area (Å²) in [7, 11) is 0. The van der Waals surface area contributed by atoms with Crippen molar-refractivity contribution in [2.75, 3.05) is 11.9 Å². The molecule has 0 spiro atoms. The minimum atomic E-state index is 0.348. The SMILES string of the molecule is NC1CC(c2cc(NCCc3cscn3)ncn2)C1. The molecule has 5 nitrogen and oxygen atoms in total. The van der Waals surface area contributed by atoms with E-state index in [0.29, 0.717) is 12.0 Å². The molecule has 100 valence electrons. The van der Waals surface area contributed by atoms with E-state index in [4.69, 9.17) is 5.73 Å². The molecule has 3 N–H and O–H groups in total. The van der Waals surface area contributed by atoms with Crippen LogP contribution in [0.3, 0.4) is 0 Å². The zero-order valence-corrected chi connectivity index (χ0v) is 11.4. The van der Waals surface area contributed by atoms with Gasteiger partial charge in [0.25, 0.3) is 0 Å². The van der Waals surface area contributed by atoms with E-state index in [0.717, 1.165) is 43.0 Å². The first-order chi connectivity index (χ1) is 9.31. The predicted molar refractivity (Wildman–Crippen MR) is 76.3 cm³/mol. The normalized spacial score (nSPS) is 21.9. The van der Waals surface area contributed by atoms with E-state index >= 15 is 0 Å². The molecule has 1 fully saturated rings. The van der Waals surface area contributed by atoms with Gasteiger partial charge in [0.2, 0.25) is 0 Å². The summed E-state index contributed by atoms with van der Waals surface area (Å²) in [5.74, 6) is 1.40. The van der Waals surface area contributed by atoms with E-state index in [-0.39, 0.29) is 0 Å². The zero-order valence-electron chi connectivity index (χ0n) is 10.6. The molecule has 1 aliphatic carbocycles. The molecule has 2 aromatic heterocycles. The molecule has 0 bridgehead atoms. The summed E-state index contributed by atoms with van der Waals surface area (Å²) < 4.78 is 0. The van der Waals surface area contributed by atoms with Gasteiger partial charge in [-0.1, -0.05) is 0 Å². The topological polar surface area (TPSA) is 76.7 Å². The quantitative estimate of drug-likeness (QED) is 0.870. The molecule has 0 saturated heterocycles. The molecule has 0 radical (unpaired) electrons. The van der Waals surface area contributed by atoms with Crippen LogP contribution in [0.4, 0.5) is 5.82 Å². The second-order valence-electron chi connectivity index (χ2n) is 4.91. The molecule has 2 heterocycles. The Labute approximate surface area is 116 Å². The smallest absolute Gasteiger partial charge is 0.129 e. The van der Waals surface area contributed by atoms with Crippen molar-refractivity contribution in [2.45, 2.75) is 31.2 Å². The van der Waals surface area contributed by atoms with Gasteiger partial charge < -0.3 is 11.1 Å². The highest BCUT2D eigenvalue weighted by Gasteiger charge is 2.28. The van der Waals surface area contributed by atoms with Crippen LogP contribution < -0.4 is 11.1 Å². The van der Waals surface area contributed by atoms with Gasteiger partial charge in [0, 0.05) is 42.1 Å². The fourth-order valence-electron chi connectivity index (χ4n) is 2.28. The maximum absolute atomic E-state index is 5.81. The Morgan fingerprint density at radius 1 is 1.32 bits per heavy atom. The van der Waals surface area contributed by atoms with Crippen LogP contribution in [-0.4, -0.2) is 27.5 Å². The first-order valence-corrected chi connectivity index (χ1v) is 7.44. The largest absolute Gasteiger partial charge is 0.370 e. The summed E-state index contributed by atoms with van der Waals surface area (Å²) in [5, 5.41) is 5.39. The van der Waals surface area contributed by atoms with Crippen LogP contribution in [0.25, 0.3) is 0 Å². The lowest BCUT2D eigenvalue weighted by molar-refractivity contribution is 0.345. The van der Waals surface area contributed by atoms with Crippen molar-refractivity contribution in [3.8, 4) is 0 Å². The summed E-state index contributed by atoms with van der Waals surface area (Å²) in [6.45, 7) is 0.838. The summed E-state index contributed by atoms with van der Waals surface area (Å²) in [6.07, 6.45) is 4.62. The Morgan fingerprint density at radius 2 is 2.21 bits per heavy atom. The fraction of sp³-hybridized carbons (Fsp3) is 0.462. The van der Waals surface area contributed by atoms with Gasteiger partial charge in [0.1, 0.15) is 12.1 Å². The average Bonchev–Trinajstić information content (AvgIpc) is 2.89. The molecular formula is C13H17N5S. The van der Waals surface area contributed by atoms with Gasteiger partial charge >= 0.3 is 0 Å². The van der Waals surface area contributed by atoms with Gasteiger partial charge in [-0.2, -0.15) is 0 Å². The molecule has 2 aromatic rings. The molecule has 19 heavy (non-hydrogen) atoms. The Kier molecular flexibility index (Phi) is 3.70. The highest BCUT2D eigenvalue weighted by Crippen LogP contribution is 2.34. The number of hydrogen-bond acceptors (Lipinski definition) is 6. The van der Waals surface area contributed by atoms with Crippen LogP contribution in [-0.2, 0) is 6.42 Å². The van der Waals surface area contributed by atoms with Crippen molar-refractivity contribution in [3.63, 3.8) is 0 Å². The Balaban J connectivity index is 1.54. The van der Waals surface area contributed by atoms with Crippen LogP contribution in [0.15, 0.2) is 23.3 Å². The minimum absolute atomic E-state index is 0.348. The highest BCUT2D eigenvalue weighted by atomic mass is 32.1. The molecule has 6 heteroatoms. The minimum Gasteiger partial charge on any atom is -0.370 e. The average molecular weight is 275 g/mol. The van der Waals surface area contributed by atoms with Gasteiger partial charge in [0.05, 0.1) is 11.2 Å². The van der Waals surface area contributed by atoms with Crippen molar-refractivity contribution >= 4 is 17.2 Å². The van der Waals surface area contributed by atoms with Gasteiger partial charge in [-0.05, 0) is 12.8 Å². The van der Waals surface area contributed by atoms with Crippen molar-refractivity contribution in [1.29, 1.82) is 0 Å². The number of anilines is 1. The van der Waals surface area contributed by atoms with E-state index in [2.05, 4.69) is 25.6 Å². The standard InChI is InChI=1S/C13H17N5S/c14-10-3-9(4-10)12-5-13(17-7-16-12)15-2-1-11-6-19-8-18-11/h5-10H,1-4,14H2,(H,15,16,17). The predicted octanol–water partition coefficient (Wildman–Crippen LogP) is 1.79. The lowest BCUT2D eigenvalue weighted by Gasteiger charge is -2.31. The summed E-state index contributed by atoms with van der Waals surface area (Å²) in [5.41, 5.74) is 9.90. The molecule has 0 aromatic carbocycles. The number of rotatable bonds is 5. The third-order valence-electron chi connectivity index (χ3n) is 3.45. The Hall–Kier alpha value is -1.53. The first-order valence-electron chi connectivity index (χ1n) is 6.49. The van der Waals surface area contributed by atoms with E-state index in [1.54, 1.807) is 17.7 Å². The molecule has 0 unspecified atom stereocenters. The summed E-state index contributed by atoms with van der Waals surface area (Å²) >= 11 is 1.63. The second-order valence-corrected chi connectivity index (χ2v) is 5.63. The summed E-state index contributed by atoms with van der Waals surface area (Å²) in [6, 6.07) is 2.39. The van der Waals surface area contributed by atoms with Crippen LogP contribution in [0, 0.1) is 0 Å². The van der Waals surface area contributed by atoms with Gasteiger partial charge in [-0.15, -0.1) is 11.3 Å². The van der Waals surface area contributed by atoms with Crippen LogP contribution in [0.2, 0.25) is 0 Å². The number of hydrogen-bond donors (Lipinski definition) is 2. The molecule has 3 rings (SSSR count). The highest BCUT2D eigenvalue weighted by molar-refractivity contribution is 7.07. The molecule has 0 atom stereocenters. The van der Waals surface area contributed by atoms with Crippen molar-refractivity contribution in [3.05, 3.63) is 34.7 Å². The first kappa shape index (κ1) is 12.5. The van der Waals surface area contributed by atoms with Crippen molar-refractivity contribution < 1.29 is 0 Å². The summed E-state index contributed by atoms with van der Waals surface area (Å²) in [4.78, 5) is 12.8. The molecule has 0 aliphatic heterocycles. The van der Waals surface area contributed by atoms with E-state index in [9.17, 15) is 0 Å². The number of nitrogens with one attached hydrogen (secondary N) is 1. The number of aromatic nitrogens is 3. The zero-order chi connectivity index (χ0) is 13.1. The van der Waals surface area contributed by atoms with Crippen molar-refractivity contribution in [1.82, 2.24) is 15.0 Å². The number of nitrogens with two attached hydrogens (primary N) is 1. The van der Waals surface area contributed by atoms with Crippen LogP contribution >= 0.6 is 11.3 Å². The van der Waals surface area contributed by atoms with Gasteiger partial charge in [-0.3, -0.25) is 0 Å². The maximum Gasteiger partial charge on any atom is 0.129 e. The number of nitrogens with zero attached hydrogens (tertiary/aromatic N) is 3. The molecular weight excluding hydrogens is 258 g/mol. The Bertz CT molecular complexity index is 522. The van der Waals surface area contributed by atoms with Gasteiger partial charge in [-0.25, -0.2) is 15.0 Å². The lowest BCUT2D eigenvalue weighted by Crippen LogP contribution is -2.35. The van der Waals surface area contributed by atoms with E-state index < -0.39 is 0 Å². The van der Waals surface area contributed by atoms with E-state index in [1.165, 1.54) is 0 Å². The van der Waals surface area contributed by atoms with Crippen LogP contribution in [0.1, 0.15) is 30.1 Å². The molecule has 1 aliphatic rings. The van der Waals surface area contributed by atoms with Crippen LogP contribution in [0.5, 0.6) is 0 Å². The third-order valence-corrected chi connectivity index (χ3v) is 4.09. The monoisotopic (exact) mass is 275 g/mol.